The fourth-order valence-electron chi connectivity index (χ4n) is 2.77. The van der Waals surface area contributed by atoms with E-state index in [1.54, 1.807) is 6.07 Å². The molecule has 0 spiro atoms. The highest BCUT2D eigenvalue weighted by atomic mass is 35.5. The minimum atomic E-state index is -0.0271. The Kier molecular flexibility index (Phi) is 5.83. The van der Waals surface area contributed by atoms with Crippen molar-refractivity contribution in [2.45, 2.75) is 39.5 Å². The molecule has 1 N–H and O–H groups in total. The van der Waals surface area contributed by atoms with Crippen LogP contribution in [0.3, 0.4) is 0 Å². The van der Waals surface area contributed by atoms with E-state index in [0.717, 1.165) is 30.5 Å². The third-order valence-corrected chi connectivity index (χ3v) is 4.36. The van der Waals surface area contributed by atoms with Gasteiger partial charge in [0, 0.05) is 36.1 Å². The summed E-state index contributed by atoms with van der Waals surface area (Å²) in [5.41, 5.74) is 1.76. The van der Waals surface area contributed by atoms with Crippen molar-refractivity contribution in [2.24, 2.45) is 5.92 Å². The number of piperidine rings is 1. The maximum atomic E-state index is 12.4. The number of hydrogen-bond donors (Lipinski definition) is 1. The summed E-state index contributed by atoms with van der Waals surface area (Å²) >= 11 is 5.92. The lowest BCUT2D eigenvalue weighted by Gasteiger charge is -2.31. The van der Waals surface area contributed by atoms with E-state index in [9.17, 15) is 9.59 Å². The van der Waals surface area contributed by atoms with Gasteiger partial charge in [-0.2, -0.15) is 0 Å². The third kappa shape index (κ3) is 4.23. The number of nitrogens with zero attached hydrogens (tertiary/aromatic N) is 1. The number of hydrogen-bond acceptors (Lipinski definition) is 2. The Morgan fingerprint density at radius 2 is 2.00 bits per heavy atom. The quantitative estimate of drug-likeness (QED) is 0.920. The number of anilines is 1. The predicted molar refractivity (Wildman–Crippen MR) is 89.0 cm³/mol. The number of amides is 2. The molecule has 2 amide bonds. The van der Waals surface area contributed by atoms with Crippen LogP contribution in [0.15, 0.2) is 18.2 Å². The van der Waals surface area contributed by atoms with Gasteiger partial charge in [0.25, 0.3) is 0 Å². The molecule has 1 aliphatic heterocycles. The number of halogens is 1. The lowest BCUT2D eigenvalue weighted by Crippen LogP contribution is -2.41. The second kappa shape index (κ2) is 7.63. The molecule has 0 saturated carbocycles. The Balaban J connectivity index is 1.88. The molecule has 0 unspecified atom stereocenters. The minimum Gasteiger partial charge on any atom is -0.343 e. The van der Waals surface area contributed by atoms with E-state index >= 15 is 0 Å². The van der Waals surface area contributed by atoms with Gasteiger partial charge in [-0.25, -0.2) is 0 Å². The van der Waals surface area contributed by atoms with E-state index in [1.807, 2.05) is 30.9 Å². The first-order chi connectivity index (χ1) is 10.5. The number of rotatable bonds is 4. The van der Waals surface area contributed by atoms with E-state index in [1.165, 1.54) is 0 Å². The summed E-state index contributed by atoms with van der Waals surface area (Å²) in [4.78, 5) is 26.1. The van der Waals surface area contributed by atoms with Gasteiger partial charge in [0.15, 0.2) is 0 Å². The number of nitrogens with one attached hydrogen (secondary N) is 1. The molecule has 0 radical (unpaired) electrons. The number of carbonyl (C=O) groups is 2. The largest absolute Gasteiger partial charge is 0.343 e. The zero-order valence-corrected chi connectivity index (χ0v) is 13.9. The molecule has 22 heavy (non-hydrogen) atoms. The molecule has 0 bridgehead atoms. The first-order valence-electron chi connectivity index (χ1n) is 7.86. The van der Waals surface area contributed by atoms with E-state index in [2.05, 4.69) is 5.32 Å². The summed E-state index contributed by atoms with van der Waals surface area (Å²) in [5, 5.41) is 3.64. The van der Waals surface area contributed by atoms with Crippen molar-refractivity contribution >= 4 is 29.1 Å². The minimum absolute atomic E-state index is 0.0271. The molecule has 4 nitrogen and oxygen atoms in total. The summed E-state index contributed by atoms with van der Waals surface area (Å²) in [7, 11) is 0. The molecule has 120 valence electrons. The molecule has 1 aromatic carbocycles. The molecular weight excluding hydrogens is 300 g/mol. The van der Waals surface area contributed by atoms with Crippen molar-refractivity contribution < 1.29 is 9.59 Å². The monoisotopic (exact) mass is 322 g/mol. The van der Waals surface area contributed by atoms with Crippen molar-refractivity contribution in [3.05, 3.63) is 28.8 Å². The zero-order valence-electron chi connectivity index (χ0n) is 13.2. The molecule has 0 atom stereocenters. The van der Waals surface area contributed by atoms with Crippen LogP contribution in [0.25, 0.3) is 0 Å². The van der Waals surface area contributed by atoms with Crippen molar-refractivity contribution in [2.75, 3.05) is 18.4 Å². The average Bonchev–Trinajstić information content (AvgIpc) is 2.50. The molecule has 5 heteroatoms. The van der Waals surface area contributed by atoms with Crippen LogP contribution in [0.4, 0.5) is 5.69 Å². The van der Waals surface area contributed by atoms with E-state index in [-0.39, 0.29) is 17.7 Å². The number of aryl methyl sites for hydroxylation is 1. The van der Waals surface area contributed by atoms with Gasteiger partial charge < -0.3 is 10.2 Å². The van der Waals surface area contributed by atoms with Crippen molar-refractivity contribution in [1.82, 2.24) is 4.90 Å². The van der Waals surface area contributed by atoms with Crippen LogP contribution in [-0.2, 0) is 9.59 Å². The molecule has 1 fully saturated rings. The molecule has 2 rings (SSSR count). The molecule has 0 aliphatic carbocycles. The fourth-order valence-corrected chi connectivity index (χ4v) is 2.99. The summed E-state index contributed by atoms with van der Waals surface area (Å²) in [6.07, 6.45) is 2.93. The van der Waals surface area contributed by atoms with Crippen LogP contribution in [0.2, 0.25) is 5.02 Å². The van der Waals surface area contributed by atoms with Crippen molar-refractivity contribution in [3.63, 3.8) is 0 Å². The first-order valence-corrected chi connectivity index (χ1v) is 8.24. The van der Waals surface area contributed by atoms with Crippen LogP contribution < -0.4 is 5.32 Å². The lowest BCUT2D eigenvalue weighted by atomic mass is 9.95. The zero-order chi connectivity index (χ0) is 16.1. The van der Waals surface area contributed by atoms with Crippen LogP contribution in [0.5, 0.6) is 0 Å². The SMILES string of the molecule is CCCC(=O)N1CCC(C(=O)Nc2ccc(Cl)cc2C)CC1. The summed E-state index contributed by atoms with van der Waals surface area (Å²) in [6.45, 7) is 5.28. The van der Waals surface area contributed by atoms with E-state index in [0.29, 0.717) is 24.5 Å². The van der Waals surface area contributed by atoms with Gasteiger partial charge in [0.05, 0.1) is 0 Å². The standard InChI is InChI=1S/C17H23ClN2O2/c1-3-4-16(21)20-9-7-13(8-10-20)17(22)19-15-6-5-14(18)11-12(15)2/h5-6,11,13H,3-4,7-10H2,1-2H3,(H,19,22). The average molecular weight is 323 g/mol. The highest BCUT2D eigenvalue weighted by Gasteiger charge is 2.27. The Hall–Kier alpha value is -1.55. The van der Waals surface area contributed by atoms with Crippen molar-refractivity contribution in [1.29, 1.82) is 0 Å². The van der Waals surface area contributed by atoms with Crippen LogP contribution in [0.1, 0.15) is 38.2 Å². The number of benzene rings is 1. The second-order valence-electron chi connectivity index (χ2n) is 5.85. The summed E-state index contributed by atoms with van der Waals surface area (Å²) in [5.74, 6) is 0.212. The highest BCUT2D eigenvalue weighted by molar-refractivity contribution is 6.30. The van der Waals surface area contributed by atoms with Gasteiger partial charge in [-0.05, 0) is 49.9 Å². The van der Waals surface area contributed by atoms with Gasteiger partial charge in [-0.1, -0.05) is 18.5 Å². The second-order valence-corrected chi connectivity index (χ2v) is 6.29. The van der Waals surface area contributed by atoms with Gasteiger partial charge in [0.1, 0.15) is 0 Å². The third-order valence-electron chi connectivity index (χ3n) is 4.13. The van der Waals surface area contributed by atoms with Gasteiger partial charge in [-0.3, -0.25) is 9.59 Å². The number of carbonyl (C=O) groups excluding carboxylic acids is 2. The highest BCUT2D eigenvalue weighted by Crippen LogP contribution is 2.23. The Labute approximate surface area is 136 Å². The van der Waals surface area contributed by atoms with Gasteiger partial charge in [0.2, 0.25) is 11.8 Å². The predicted octanol–water partition coefficient (Wildman–Crippen LogP) is 3.63. The van der Waals surface area contributed by atoms with Crippen LogP contribution >= 0.6 is 11.6 Å². The molecule has 1 heterocycles. The normalized spacial score (nSPS) is 15.7. The van der Waals surface area contributed by atoms with Gasteiger partial charge in [-0.15, -0.1) is 0 Å². The first kappa shape index (κ1) is 16.8. The Morgan fingerprint density at radius 1 is 1.32 bits per heavy atom. The molecule has 0 aromatic heterocycles. The maximum Gasteiger partial charge on any atom is 0.227 e. The Bertz CT molecular complexity index is 552. The van der Waals surface area contributed by atoms with Crippen LogP contribution in [-0.4, -0.2) is 29.8 Å². The van der Waals surface area contributed by atoms with Crippen LogP contribution in [0, 0.1) is 12.8 Å². The topological polar surface area (TPSA) is 49.4 Å². The van der Waals surface area contributed by atoms with E-state index < -0.39 is 0 Å². The molecule has 1 saturated heterocycles. The molecular formula is C17H23ClN2O2. The van der Waals surface area contributed by atoms with Gasteiger partial charge >= 0.3 is 0 Å². The number of likely N-dealkylation sites (tertiary alicyclic amines) is 1. The fraction of sp³-hybridized carbons (Fsp3) is 0.529. The summed E-state index contributed by atoms with van der Waals surface area (Å²) in [6, 6.07) is 5.44. The maximum absolute atomic E-state index is 12.4. The lowest BCUT2D eigenvalue weighted by molar-refractivity contribution is -0.134. The van der Waals surface area contributed by atoms with Crippen molar-refractivity contribution in [3.8, 4) is 0 Å². The summed E-state index contributed by atoms with van der Waals surface area (Å²) < 4.78 is 0. The molecule has 1 aromatic rings. The Morgan fingerprint density at radius 3 is 2.59 bits per heavy atom. The molecule has 1 aliphatic rings. The van der Waals surface area contributed by atoms with E-state index in [4.69, 9.17) is 11.6 Å². The smallest absolute Gasteiger partial charge is 0.227 e.